The van der Waals surface area contributed by atoms with Gasteiger partial charge in [0.05, 0.1) is 11.7 Å². The third kappa shape index (κ3) is 2.13. The first-order chi connectivity index (χ1) is 7.74. The van der Waals surface area contributed by atoms with Gasteiger partial charge in [-0.15, -0.1) is 0 Å². The summed E-state index contributed by atoms with van der Waals surface area (Å²) in [5.41, 5.74) is 4.02. The predicted octanol–water partition coefficient (Wildman–Crippen LogP) is 0.796. The second kappa shape index (κ2) is 4.97. The highest BCUT2D eigenvalue weighted by Crippen LogP contribution is 2.20. The first-order valence-electron chi connectivity index (χ1n) is 6.14. The molecule has 1 saturated heterocycles. The molecular formula is C12H22N4. The van der Waals surface area contributed by atoms with E-state index in [1.807, 2.05) is 7.05 Å². The Kier molecular flexibility index (Phi) is 3.61. The zero-order valence-corrected chi connectivity index (χ0v) is 10.5. The lowest BCUT2D eigenvalue weighted by molar-refractivity contribution is 0.312. The van der Waals surface area contributed by atoms with Crippen LogP contribution in [-0.2, 0) is 6.42 Å². The molecular weight excluding hydrogens is 200 g/mol. The number of rotatable bonds is 5. The van der Waals surface area contributed by atoms with E-state index in [4.69, 9.17) is 0 Å². The first kappa shape index (κ1) is 11.6. The van der Waals surface area contributed by atoms with Crippen molar-refractivity contribution in [1.29, 1.82) is 0 Å². The molecule has 0 bridgehead atoms. The van der Waals surface area contributed by atoms with E-state index in [2.05, 4.69) is 34.3 Å². The molecule has 1 aliphatic rings. The maximum absolute atomic E-state index is 4.67. The van der Waals surface area contributed by atoms with Crippen molar-refractivity contribution in [3.63, 3.8) is 0 Å². The van der Waals surface area contributed by atoms with Gasteiger partial charge < -0.3 is 10.6 Å². The molecule has 2 N–H and O–H groups in total. The molecule has 0 unspecified atom stereocenters. The van der Waals surface area contributed by atoms with Gasteiger partial charge in [-0.05, 0) is 45.8 Å². The van der Waals surface area contributed by atoms with Crippen LogP contribution in [0.2, 0.25) is 0 Å². The molecule has 1 aromatic rings. The lowest BCUT2D eigenvalue weighted by atomic mass is 10.1. The maximum atomic E-state index is 4.67. The summed E-state index contributed by atoms with van der Waals surface area (Å²) in [4.78, 5) is 0. The van der Waals surface area contributed by atoms with Gasteiger partial charge in [-0.25, -0.2) is 0 Å². The molecule has 0 amide bonds. The van der Waals surface area contributed by atoms with Crippen LogP contribution < -0.4 is 10.6 Å². The summed E-state index contributed by atoms with van der Waals surface area (Å²) in [5, 5.41) is 11.2. The summed E-state index contributed by atoms with van der Waals surface area (Å²) in [6.45, 7) is 7.54. The van der Waals surface area contributed by atoms with Gasteiger partial charge in [-0.3, -0.25) is 4.68 Å². The number of hydrogen-bond acceptors (Lipinski definition) is 3. The van der Waals surface area contributed by atoms with Gasteiger partial charge in [0.1, 0.15) is 0 Å². The Morgan fingerprint density at radius 2 is 2.19 bits per heavy atom. The van der Waals surface area contributed by atoms with Gasteiger partial charge in [0.2, 0.25) is 0 Å². The second-order valence-corrected chi connectivity index (χ2v) is 4.61. The molecule has 4 nitrogen and oxygen atoms in total. The standard InChI is InChI=1S/C12H22N4/c1-9-12(5-4-6-13-3)10(2)16(15-9)11-7-14-8-11/h11,13-14H,4-8H2,1-3H3. The highest BCUT2D eigenvalue weighted by atomic mass is 15.3. The van der Waals surface area contributed by atoms with Gasteiger partial charge in [-0.2, -0.15) is 5.10 Å². The molecule has 2 rings (SSSR count). The average molecular weight is 222 g/mol. The minimum absolute atomic E-state index is 0.580. The van der Waals surface area contributed by atoms with Crippen molar-refractivity contribution in [3.05, 3.63) is 17.0 Å². The zero-order chi connectivity index (χ0) is 11.5. The van der Waals surface area contributed by atoms with Crippen LogP contribution in [0.1, 0.15) is 29.4 Å². The molecule has 1 aromatic heterocycles. The quantitative estimate of drug-likeness (QED) is 0.724. The van der Waals surface area contributed by atoms with Crippen molar-refractivity contribution in [2.75, 3.05) is 26.7 Å². The van der Waals surface area contributed by atoms with Crippen molar-refractivity contribution < 1.29 is 0 Å². The molecule has 0 atom stereocenters. The summed E-state index contributed by atoms with van der Waals surface area (Å²) in [6, 6.07) is 0.580. The van der Waals surface area contributed by atoms with E-state index < -0.39 is 0 Å². The Morgan fingerprint density at radius 1 is 1.44 bits per heavy atom. The van der Waals surface area contributed by atoms with Crippen LogP contribution in [0.4, 0.5) is 0 Å². The van der Waals surface area contributed by atoms with E-state index in [1.165, 1.54) is 23.4 Å². The van der Waals surface area contributed by atoms with Gasteiger partial charge in [0.15, 0.2) is 0 Å². The minimum atomic E-state index is 0.580. The average Bonchev–Trinajstić information content (AvgIpc) is 2.43. The summed E-state index contributed by atoms with van der Waals surface area (Å²) < 4.78 is 2.21. The predicted molar refractivity (Wildman–Crippen MR) is 65.9 cm³/mol. The summed E-state index contributed by atoms with van der Waals surface area (Å²) in [5.74, 6) is 0. The molecule has 0 radical (unpaired) electrons. The number of aromatic nitrogens is 2. The van der Waals surface area contributed by atoms with Crippen LogP contribution in [0.3, 0.4) is 0 Å². The Morgan fingerprint density at radius 3 is 2.75 bits per heavy atom. The fourth-order valence-electron chi connectivity index (χ4n) is 2.30. The maximum Gasteiger partial charge on any atom is 0.0770 e. The first-order valence-corrected chi connectivity index (χ1v) is 6.14. The monoisotopic (exact) mass is 222 g/mol. The second-order valence-electron chi connectivity index (χ2n) is 4.61. The van der Waals surface area contributed by atoms with Crippen molar-refractivity contribution in [3.8, 4) is 0 Å². The Bertz CT molecular complexity index is 352. The molecule has 90 valence electrons. The summed E-state index contributed by atoms with van der Waals surface area (Å²) in [7, 11) is 2.00. The Labute approximate surface area is 97.4 Å². The third-order valence-corrected chi connectivity index (χ3v) is 3.43. The molecule has 2 heterocycles. The van der Waals surface area contributed by atoms with Crippen LogP contribution in [-0.4, -0.2) is 36.5 Å². The van der Waals surface area contributed by atoms with Crippen LogP contribution in [0.5, 0.6) is 0 Å². The SMILES string of the molecule is CNCCCc1c(C)nn(C2CNC2)c1C. The van der Waals surface area contributed by atoms with E-state index >= 15 is 0 Å². The molecule has 0 aliphatic carbocycles. The van der Waals surface area contributed by atoms with E-state index in [-0.39, 0.29) is 0 Å². The highest BCUT2D eigenvalue weighted by molar-refractivity contribution is 5.25. The molecule has 0 spiro atoms. The number of nitrogens with one attached hydrogen (secondary N) is 2. The van der Waals surface area contributed by atoms with Crippen LogP contribution in [0.25, 0.3) is 0 Å². The Hall–Kier alpha value is -0.870. The molecule has 0 saturated carbocycles. The smallest absolute Gasteiger partial charge is 0.0770 e. The highest BCUT2D eigenvalue weighted by Gasteiger charge is 2.23. The lowest BCUT2D eigenvalue weighted by Gasteiger charge is -2.28. The lowest BCUT2D eigenvalue weighted by Crippen LogP contribution is -2.44. The van der Waals surface area contributed by atoms with E-state index in [0.717, 1.165) is 26.1 Å². The van der Waals surface area contributed by atoms with E-state index in [9.17, 15) is 0 Å². The van der Waals surface area contributed by atoms with Crippen molar-refractivity contribution in [2.45, 2.75) is 32.7 Å². The van der Waals surface area contributed by atoms with Crippen LogP contribution in [0, 0.1) is 13.8 Å². The van der Waals surface area contributed by atoms with Crippen LogP contribution in [0.15, 0.2) is 0 Å². The summed E-state index contributed by atoms with van der Waals surface area (Å²) in [6.07, 6.45) is 2.32. The normalized spacial score (nSPS) is 16.4. The van der Waals surface area contributed by atoms with Crippen molar-refractivity contribution in [1.82, 2.24) is 20.4 Å². The van der Waals surface area contributed by atoms with Gasteiger partial charge >= 0.3 is 0 Å². The topological polar surface area (TPSA) is 41.9 Å². The fraction of sp³-hybridized carbons (Fsp3) is 0.750. The molecule has 4 heteroatoms. The molecule has 0 aromatic carbocycles. The third-order valence-electron chi connectivity index (χ3n) is 3.43. The summed E-state index contributed by atoms with van der Waals surface area (Å²) >= 11 is 0. The van der Waals surface area contributed by atoms with Gasteiger partial charge in [0, 0.05) is 18.8 Å². The minimum Gasteiger partial charge on any atom is -0.320 e. The fourth-order valence-corrected chi connectivity index (χ4v) is 2.30. The Balaban J connectivity index is 2.08. The number of nitrogens with zero attached hydrogens (tertiary/aromatic N) is 2. The largest absolute Gasteiger partial charge is 0.320 e. The van der Waals surface area contributed by atoms with Crippen molar-refractivity contribution in [2.24, 2.45) is 0 Å². The zero-order valence-electron chi connectivity index (χ0n) is 10.5. The van der Waals surface area contributed by atoms with Crippen molar-refractivity contribution >= 4 is 0 Å². The molecule has 1 fully saturated rings. The van der Waals surface area contributed by atoms with E-state index in [0.29, 0.717) is 6.04 Å². The van der Waals surface area contributed by atoms with Gasteiger partial charge in [0.25, 0.3) is 0 Å². The molecule has 16 heavy (non-hydrogen) atoms. The van der Waals surface area contributed by atoms with Crippen LogP contribution >= 0.6 is 0 Å². The number of aryl methyl sites for hydroxylation is 1. The van der Waals surface area contributed by atoms with Gasteiger partial charge in [-0.1, -0.05) is 0 Å². The molecule has 1 aliphatic heterocycles. The number of hydrogen-bond donors (Lipinski definition) is 2. The van der Waals surface area contributed by atoms with E-state index in [1.54, 1.807) is 0 Å².